The fourth-order valence-electron chi connectivity index (χ4n) is 2.64. The van der Waals surface area contributed by atoms with Gasteiger partial charge in [-0.05, 0) is 12.8 Å². The minimum Gasteiger partial charge on any atom is -0.389 e. The van der Waals surface area contributed by atoms with Crippen molar-refractivity contribution in [2.75, 3.05) is 6.61 Å². The summed E-state index contributed by atoms with van der Waals surface area (Å²) >= 11 is 0. The van der Waals surface area contributed by atoms with E-state index in [2.05, 4.69) is 0 Å². The Kier molecular flexibility index (Phi) is 5.05. The number of aliphatic hydroxyl groups excluding tert-OH is 1. The van der Waals surface area contributed by atoms with E-state index in [0.717, 1.165) is 32.1 Å². The van der Waals surface area contributed by atoms with Crippen LogP contribution in [-0.2, 0) is 4.79 Å². The van der Waals surface area contributed by atoms with Crippen LogP contribution >= 0.6 is 0 Å². The minimum atomic E-state index is -1.01. The third-order valence-electron chi connectivity index (χ3n) is 3.99. The van der Waals surface area contributed by atoms with Crippen molar-refractivity contribution in [2.24, 2.45) is 5.92 Å². The normalized spacial score (nSPS) is 20.8. The first kappa shape index (κ1) is 14.1. The molecule has 0 heterocycles. The molecular formula is C12H21NO4. The zero-order chi connectivity index (χ0) is 12.9. The Hall–Kier alpha value is -0.970. The number of carbonyl (C=O) groups excluding carboxylic acids is 1. The molecule has 0 amide bonds. The Balaban J connectivity index is 2.66. The predicted molar refractivity (Wildman–Crippen MR) is 63.3 cm³/mol. The van der Waals surface area contributed by atoms with Crippen LogP contribution in [0.4, 0.5) is 0 Å². The van der Waals surface area contributed by atoms with Gasteiger partial charge in [0.05, 0.1) is 0 Å². The molecule has 1 aliphatic rings. The summed E-state index contributed by atoms with van der Waals surface area (Å²) in [5, 5.41) is 19.9. The third kappa shape index (κ3) is 3.49. The van der Waals surface area contributed by atoms with E-state index in [1.54, 1.807) is 6.92 Å². The number of Topliss-reactive ketones (excluding diaryl/α,β-unsaturated/α-hetero) is 1. The predicted octanol–water partition coefficient (Wildman–Crippen LogP) is 1.94. The molecule has 1 fully saturated rings. The molecule has 0 aromatic rings. The average Bonchev–Trinajstić information content (AvgIpc) is 2.36. The minimum absolute atomic E-state index is 0.0674. The van der Waals surface area contributed by atoms with E-state index in [0.29, 0.717) is 0 Å². The first-order chi connectivity index (χ1) is 8.00. The van der Waals surface area contributed by atoms with Gasteiger partial charge in [0.25, 0.3) is 0 Å². The second kappa shape index (κ2) is 6.10. The summed E-state index contributed by atoms with van der Waals surface area (Å²) in [7, 11) is 0. The van der Waals surface area contributed by atoms with Gasteiger partial charge in [-0.2, -0.15) is 0 Å². The molecule has 0 aliphatic heterocycles. The Morgan fingerprint density at radius 3 is 2.47 bits per heavy atom. The van der Waals surface area contributed by atoms with Gasteiger partial charge in [0.1, 0.15) is 6.61 Å². The largest absolute Gasteiger partial charge is 0.389 e. The van der Waals surface area contributed by atoms with Crippen LogP contribution < -0.4 is 0 Å². The summed E-state index contributed by atoms with van der Waals surface area (Å²) in [6, 6.07) is 0. The highest BCUT2D eigenvalue weighted by molar-refractivity contribution is 5.79. The maximum atomic E-state index is 11.3. The molecule has 1 saturated carbocycles. The summed E-state index contributed by atoms with van der Waals surface area (Å²) in [5.41, 5.74) is -1.01. The van der Waals surface area contributed by atoms with Crippen LogP contribution in [0, 0.1) is 16.0 Å². The topological polar surface area (TPSA) is 80.4 Å². The number of hydrogen-bond donors (Lipinski definition) is 1. The SMILES string of the molecule is CC(CCC(=O)CO)(C1CCCCC1)[N+](=O)[O-]. The van der Waals surface area contributed by atoms with E-state index in [9.17, 15) is 14.9 Å². The van der Waals surface area contributed by atoms with Crippen LogP contribution in [0.1, 0.15) is 51.9 Å². The number of aliphatic hydroxyl groups is 1. The lowest BCUT2D eigenvalue weighted by Gasteiger charge is -2.32. The van der Waals surface area contributed by atoms with Crippen molar-refractivity contribution in [1.29, 1.82) is 0 Å². The summed E-state index contributed by atoms with van der Waals surface area (Å²) in [6.45, 7) is 1.13. The fourth-order valence-corrected chi connectivity index (χ4v) is 2.64. The van der Waals surface area contributed by atoms with Crippen LogP contribution in [-0.4, -0.2) is 28.0 Å². The van der Waals surface area contributed by atoms with Gasteiger partial charge >= 0.3 is 0 Å². The quantitative estimate of drug-likeness (QED) is 0.571. The molecule has 0 aromatic heterocycles. The molecule has 5 heteroatoms. The Morgan fingerprint density at radius 1 is 1.41 bits per heavy atom. The van der Waals surface area contributed by atoms with E-state index in [1.807, 2.05) is 0 Å². The lowest BCUT2D eigenvalue weighted by atomic mass is 9.73. The van der Waals surface area contributed by atoms with Crippen LogP contribution in [0.3, 0.4) is 0 Å². The molecule has 0 radical (unpaired) electrons. The lowest BCUT2D eigenvalue weighted by molar-refractivity contribution is -0.578. The van der Waals surface area contributed by atoms with Crippen molar-refractivity contribution in [3.05, 3.63) is 10.1 Å². The molecule has 1 aliphatic carbocycles. The Bertz CT molecular complexity index is 286. The summed E-state index contributed by atoms with van der Waals surface area (Å²) in [6.07, 6.45) is 5.34. The van der Waals surface area contributed by atoms with Crippen LogP contribution in [0.15, 0.2) is 0 Å². The third-order valence-corrected chi connectivity index (χ3v) is 3.99. The summed E-state index contributed by atoms with van der Waals surface area (Å²) < 4.78 is 0. The highest BCUT2D eigenvalue weighted by Gasteiger charge is 2.45. The molecule has 1 rings (SSSR count). The van der Waals surface area contributed by atoms with E-state index < -0.39 is 12.1 Å². The zero-order valence-corrected chi connectivity index (χ0v) is 10.4. The number of carbonyl (C=O) groups is 1. The van der Waals surface area contributed by atoms with Gasteiger partial charge in [0.15, 0.2) is 5.78 Å². The lowest BCUT2D eigenvalue weighted by Crippen LogP contribution is -2.44. The maximum Gasteiger partial charge on any atom is 0.222 e. The Labute approximate surface area is 101 Å². The van der Waals surface area contributed by atoms with Gasteiger partial charge in [-0.3, -0.25) is 14.9 Å². The van der Waals surface area contributed by atoms with Crippen molar-refractivity contribution < 1.29 is 14.8 Å². The van der Waals surface area contributed by atoms with E-state index >= 15 is 0 Å². The second-order valence-corrected chi connectivity index (χ2v) is 5.15. The van der Waals surface area contributed by atoms with Gasteiger partial charge in [-0.15, -0.1) is 0 Å². The van der Waals surface area contributed by atoms with E-state index in [1.165, 1.54) is 0 Å². The molecule has 5 nitrogen and oxygen atoms in total. The number of hydrogen-bond acceptors (Lipinski definition) is 4. The monoisotopic (exact) mass is 243 g/mol. The second-order valence-electron chi connectivity index (χ2n) is 5.15. The molecule has 0 bridgehead atoms. The number of ketones is 1. The van der Waals surface area contributed by atoms with E-state index in [4.69, 9.17) is 5.11 Å². The van der Waals surface area contributed by atoms with E-state index in [-0.39, 0.29) is 29.5 Å². The highest BCUT2D eigenvalue weighted by Crippen LogP contribution is 2.37. The van der Waals surface area contributed by atoms with Gasteiger partial charge in [-0.1, -0.05) is 19.3 Å². The number of nitrogens with zero attached hydrogens (tertiary/aromatic N) is 1. The van der Waals surface area contributed by atoms with Gasteiger partial charge in [0, 0.05) is 30.6 Å². The fraction of sp³-hybridized carbons (Fsp3) is 0.917. The molecule has 0 spiro atoms. The molecule has 0 saturated heterocycles. The van der Waals surface area contributed by atoms with Crippen molar-refractivity contribution in [3.8, 4) is 0 Å². The highest BCUT2D eigenvalue weighted by atomic mass is 16.6. The smallest absolute Gasteiger partial charge is 0.222 e. The number of nitro groups is 1. The maximum absolute atomic E-state index is 11.3. The van der Waals surface area contributed by atoms with Crippen LogP contribution in [0.2, 0.25) is 0 Å². The summed E-state index contributed by atoms with van der Waals surface area (Å²) in [5.74, 6) is -0.244. The Morgan fingerprint density at radius 2 is 2.00 bits per heavy atom. The first-order valence-electron chi connectivity index (χ1n) is 6.27. The van der Waals surface area contributed by atoms with Crippen molar-refractivity contribution >= 4 is 5.78 Å². The zero-order valence-electron chi connectivity index (χ0n) is 10.4. The molecule has 1 atom stereocenters. The van der Waals surface area contributed by atoms with Gasteiger partial charge < -0.3 is 5.11 Å². The molecule has 1 N–H and O–H groups in total. The molecule has 98 valence electrons. The van der Waals surface area contributed by atoms with Crippen molar-refractivity contribution in [2.45, 2.75) is 57.4 Å². The van der Waals surface area contributed by atoms with Gasteiger partial charge in [0.2, 0.25) is 5.54 Å². The first-order valence-corrected chi connectivity index (χ1v) is 6.27. The van der Waals surface area contributed by atoms with Crippen molar-refractivity contribution in [3.63, 3.8) is 0 Å². The van der Waals surface area contributed by atoms with Crippen molar-refractivity contribution in [1.82, 2.24) is 0 Å². The van der Waals surface area contributed by atoms with Gasteiger partial charge in [-0.25, -0.2) is 0 Å². The standard InChI is InChI=1S/C12H21NO4/c1-12(13(16)17,8-7-11(15)9-14)10-5-3-2-4-6-10/h10,14H,2-9H2,1H3. The number of rotatable bonds is 6. The average molecular weight is 243 g/mol. The molecule has 17 heavy (non-hydrogen) atoms. The molecule has 0 aromatic carbocycles. The van der Waals surface area contributed by atoms with Crippen LogP contribution in [0.25, 0.3) is 0 Å². The molecular weight excluding hydrogens is 222 g/mol. The van der Waals surface area contributed by atoms with Crippen LogP contribution in [0.5, 0.6) is 0 Å². The summed E-state index contributed by atoms with van der Waals surface area (Å²) in [4.78, 5) is 22.1. The molecule has 1 unspecified atom stereocenters.